The molecule has 4 heteroatoms. The summed E-state index contributed by atoms with van der Waals surface area (Å²) in [6.45, 7) is 7.70. The van der Waals surface area contributed by atoms with Crippen LogP contribution in [-0.2, 0) is 14.2 Å². The third kappa shape index (κ3) is 5.09. The van der Waals surface area contributed by atoms with Crippen molar-refractivity contribution in [2.24, 2.45) is 17.3 Å². The van der Waals surface area contributed by atoms with Crippen LogP contribution in [0.4, 0.5) is 0 Å². The van der Waals surface area contributed by atoms with Crippen LogP contribution in [0.5, 0.6) is 0 Å². The van der Waals surface area contributed by atoms with E-state index in [9.17, 15) is 5.11 Å². The van der Waals surface area contributed by atoms with Gasteiger partial charge < -0.3 is 19.3 Å². The smallest absolute Gasteiger partial charge is 0.158 e. The van der Waals surface area contributed by atoms with Crippen molar-refractivity contribution in [1.82, 2.24) is 0 Å². The van der Waals surface area contributed by atoms with Crippen LogP contribution >= 0.6 is 0 Å². The number of hydrogen-bond donors (Lipinski definition) is 1. The lowest BCUT2D eigenvalue weighted by molar-refractivity contribution is -0.197. The van der Waals surface area contributed by atoms with Gasteiger partial charge in [-0.1, -0.05) is 45.8 Å². The molecular weight excluding hydrogens is 328 g/mol. The summed E-state index contributed by atoms with van der Waals surface area (Å²) in [7, 11) is 0. The maximum Gasteiger partial charge on any atom is 0.158 e. The zero-order valence-corrected chi connectivity index (χ0v) is 16.9. The van der Waals surface area contributed by atoms with E-state index < -0.39 is 6.29 Å². The van der Waals surface area contributed by atoms with Gasteiger partial charge in [0.25, 0.3) is 0 Å². The van der Waals surface area contributed by atoms with Gasteiger partial charge in [-0.2, -0.15) is 0 Å². The van der Waals surface area contributed by atoms with Gasteiger partial charge in [0.05, 0.1) is 12.2 Å². The number of ether oxygens (including phenoxy) is 3. The molecule has 1 saturated carbocycles. The first-order valence-electron chi connectivity index (χ1n) is 10.8. The highest BCUT2D eigenvalue weighted by Gasteiger charge is 2.43. The van der Waals surface area contributed by atoms with Crippen LogP contribution in [-0.4, -0.2) is 36.5 Å². The van der Waals surface area contributed by atoms with E-state index >= 15 is 0 Å². The number of fused-ring (bicyclic) bond motifs is 1. The Balaban J connectivity index is 1.65. The first kappa shape index (κ1) is 20.3. The van der Waals surface area contributed by atoms with E-state index in [2.05, 4.69) is 32.9 Å². The Morgan fingerprint density at radius 2 is 2.08 bits per heavy atom. The molecule has 1 N–H and O–H groups in total. The van der Waals surface area contributed by atoms with E-state index in [1.807, 2.05) is 0 Å². The lowest BCUT2D eigenvalue weighted by Gasteiger charge is -2.36. The third-order valence-electron chi connectivity index (χ3n) is 6.53. The van der Waals surface area contributed by atoms with E-state index in [0.29, 0.717) is 11.8 Å². The SMILES string of the molecule is CCCCC(C)(C)C(/C=C/C1CCC2OC(O)CC12)OC1CCCCO1. The predicted octanol–water partition coefficient (Wildman–Crippen LogP) is 4.80. The number of unbranched alkanes of at least 4 members (excludes halogenated alkanes) is 1. The molecule has 3 aliphatic rings. The van der Waals surface area contributed by atoms with E-state index in [4.69, 9.17) is 14.2 Å². The van der Waals surface area contributed by atoms with E-state index in [1.54, 1.807) is 0 Å². The summed E-state index contributed by atoms with van der Waals surface area (Å²) in [6.07, 6.45) is 14.3. The van der Waals surface area contributed by atoms with Crippen LogP contribution in [0.25, 0.3) is 0 Å². The fraction of sp³-hybridized carbons (Fsp3) is 0.909. The molecule has 2 heterocycles. The highest BCUT2D eigenvalue weighted by atomic mass is 16.7. The Bertz CT molecular complexity index is 455. The minimum atomic E-state index is -0.565. The Kier molecular flexibility index (Phi) is 7.18. The van der Waals surface area contributed by atoms with Gasteiger partial charge in [0.1, 0.15) is 0 Å². The molecular formula is C22H38O4. The van der Waals surface area contributed by atoms with Gasteiger partial charge in [0.2, 0.25) is 0 Å². The molecule has 3 rings (SSSR count). The van der Waals surface area contributed by atoms with Crippen molar-refractivity contribution < 1.29 is 19.3 Å². The molecule has 2 saturated heterocycles. The van der Waals surface area contributed by atoms with Gasteiger partial charge in [-0.25, -0.2) is 0 Å². The molecule has 0 amide bonds. The molecule has 6 atom stereocenters. The van der Waals surface area contributed by atoms with Crippen LogP contribution in [0.3, 0.4) is 0 Å². The van der Waals surface area contributed by atoms with Gasteiger partial charge in [0.15, 0.2) is 12.6 Å². The van der Waals surface area contributed by atoms with Crippen LogP contribution < -0.4 is 0 Å². The van der Waals surface area contributed by atoms with Gasteiger partial charge >= 0.3 is 0 Å². The minimum Gasteiger partial charge on any atom is -0.368 e. The first-order chi connectivity index (χ1) is 12.5. The van der Waals surface area contributed by atoms with Crippen molar-refractivity contribution in [3.63, 3.8) is 0 Å². The topological polar surface area (TPSA) is 47.9 Å². The molecule has 150 valence electrons. The quantitative estimate of drug-likeness (QED) is 0.627. The highest BCUT2D eigenvalue weighted by Crippen LogP contribution is 2.43. The molecule has 0 aromatic carbocycles. The van der Waals surface area contributed by atoms with Crippen molar-refractivity contribution in [1.29, 1.82) is 0 Å². The highest BCUT2D eigenvalue weighted by molar-refractivity contribution is 5.05. The summed E-state index contributed by atoms with van der Waals surface area (Å²) < 4.78 is 17.9. The Labute approximate surface area is 159 Å². The van der Waals surface area contributed by atoms with E-state index in [1.165, 1.54) is 19.3 Å². The molecule has 0 aromatic heterocycles. The van der Waals surface area contributed by atoms with Gasteiger partial charge in [-0.05, 0) is 55.8 Å². The second kappa shape index (κ2) is 9.18. The number of aliphatic hydroxyl groups excluding tert-OH is 1. The molecule has 0 spiro atoms. The van der Waals surface area contributed by atoms with Crippen LogP contribution in [0.15, 0.2) is 12.2 Å². The van der Waals surface area contributed by atoms with Crippen LogP contribution in [0.1, 0.15) is 78.6 Å². The average Bonchev–Trinajstić information content (AvgIpc) is 3.17. The van der Waals surface area contributed by atoms with Crippen molar-refractivity contribution in [3.05, 3.63) is 12.2 Å². The fourth-order valence-corrected chi connectivity index (χ4v) is 4.78. The van der Waals surface area contributed by atoms with Crippen LogP contribution in [0.2, 0.25) is 0 Å². The van der Waals surface area contributed by atoms with Gasteiger partial charge in [-0.15, -0.1) is 0 Å². The standard InChI is InChI=1S/C22H38O4/c1-4-5-13-22(2,3)19(26-21-8-6-7-14-24-21)12-10-16-9-11-18-17(16)15-20(23)25-18/h10,12,16-21,23H,4-9,11,13-15H2,1-3H3/b12-10+. The lowest BCUT2D eigenvalue weighted by atomic mass is 9.80. The maximum atomic E-state index is 9.79. The van der Waals surface area contributed by atoms with Gasteiger partial charge in [-0.3, -0.25) is 0 Å². The third-order valence-corrected chi connectivity index (χ3v) is 6.53. The molecule has 26 heavy (non-hydrogen) atoms. The normalized spacial score (nSPS) is 36.5. The second-order valence-electron chi connectivity index (χ2n) is 9.10. The van der Waals surface area contributed by atoms with E-state index in [0.717, 1.165) is 45.1 Å². The first-order valence-corrected chi connectivity index (χ1v) is 10.8. The molecule has 4 nitrogen and oxygen atoms in total. The van der Waals surface area contributed by atoms with Gasteiger partial charge in [0, 0.05) is 13.0 Å². The Morgan fingerprint density at radius 1 is 1.23 bits per heavy atom. The zero-order chi connectivity index (χ0) is 18.6. The maximum absolute atomic E-state index is 9.79. The zero-order valence-electron chi connectivity index (χ0n) is 16.9. The largest absolute Gasteiger partial charge is 0.368 e. The number of hydrogen-bond acceptors (Lipinski definition) is 4. The van der Waals surface area contributed by atoms with E-state index in [-0.39, 0.29) is 23.9 Å². The van der Waals surface area contributed by atoms with Crippen molar-refractivity contribution in [3.8, 4) is 0 Å². The van der Waals surface area contributed by atoms with Crippen molar-refractivity contribution in [2.75, 3.05) is 6.61 Å². The fourth-order valence-electron chi connectivity index (χ4n) is 4.78. The molecule has 0 aromatic rings. The monoisotopic (exact) mass is 366 g/mol. The summed E-state index contributed by atoms with van der Waals surface area (Å²) in [4.78, 5) is 0. The summed E-state index contributed by atoms with van der Waals surface area (Å²) in [6, 6.07) is 0. The lowest BCUT2D eigenvalue weighted by Crippen LogP contribution is -2.36. The number of aliphatic hydroxyl groups is 1. The Hall–Kier alpha value is -0.420. The summed E-state index contributed by atoms with van der Waals surface area (Å²) >= 11 is 0. The number of rotatable bonds is 8. The van der Waals surface area contributed by atoms with Crippen LogP contribution in [0, 0.1) is 17.3 Å². The minimum absolute atomic E-state index is 0.0627. The Morgan fingerprint density at radius 3 is 2.81 bits per heavy atom. The molecule has 3 fully saturated rings. The van der Waals surface area contributed by atoms with Crippen molar-refractivity contribution in [2.45, 2.75) is 103 Å². The molecule has 0 bridgehead atoms. The second-order valence-corrected chi connectivity index (χ2v) is 9.10. The predicted molar refractivity (Wildman–Crippen MR) is 103 cm³/mol. The summed E-state index contributed by atoms with van der Waals surface area (Å²) in [5.74, 6) is 0.962. The summed E-state index contributed by atoms with van der Waals surface area (Å²) in [5.41, 5.74) is 0.0943. The van der Waals surface area contributed by atoms with Crippen molar-refractivity contribution >= 4 is 0 Å². The average molecular weight is 367 g/mol. The molecule has 2 aliphatic heterocycles. The summed E-state index contributed by atoms with van der Waals surface area (Å²) in [5, 5.41) is 9.79. The molecule has 0 radical (unpaired) electrons. The molecule has 6 unspecified atom stereocenters. The molecule has 1 aliphatic carbocycles. The number of allylic oxidation sites excluding steroid dienone is 1.